The quantitative estimate of drug-likeness (QED) is 0.0253. The summed E-state index contributed by atoms with van der Waals surface area (Å²) in [4.78, 5) is 60.8. The van der Waals surface area contributed by atoms with Crippen LogP contribution in [0.5, 0.6) is 5.75 Å². The number of aliphatic hydroxyl groups excluding tert-OH is 6. The van der Waals surface area contributed by atoms with Gasteiger partial charge in [-0.05, 0) is 214 Å². The molecule has 0 amide bonds. The minimum Gasteiger partial charge on any atom is -0.406 e. The van der Waals surface area contributed by atoms with Crippen molar-refractivity contribution in [1.29, 1.82) is 0 Å². The highest BCUT2D eigenvalue weighted by Crippen LogP contribution is 2.46. The molecule has 12 atom stereocenters. The summed E-state index contributed by atoms with van der Waals surface area (Å²) < 4.78 is 53.2. The highest BCUT2D eigenvalue weighted by Gasteiger charge is 2.49. The molecule has 15 N–H and O–H groups in total. The Kier molecular flexibility index (Phi) is 22.9. The van der Waals surface area contributed by atoms with Crippen molar-refractivity contribution in [3.63, 3.8) is 0 Å². The smallest absolute Gasteiger partial charge is 0.406 e. The Balaban J connectivity index is 0.000000124. The molecule has 8 fully saturated rings. The van der Waals surface area contributed by atoms with Gasteiger partial charge in [-0.25, -0.2) is 49.8 Å². The van der Waals surface area contributed by atoms with E-state index in [0.29, 0.717) is 113 Å². The number of hydrogen-bond donors (Lipinski definition) is 12. The summed E-state index contributed by atoms with van der Waals surface area (Å²) in [7, 11) is 4.22. The average molecular weight is 1650 g/mol. The third-order valence-corrected chi connectivity index (χ3v) is 28.2. The van der Waals surface area contributed by atoms with Crippen LogP contribution in [0.25, 0.3) is 66.3 Å². The monoisotopic (exact) mass is 1650 g/mol. The number of aliphatic hydroxyl groups is 6. The average Bonchev–Trinajstić information content (AvgIpc) is 1.61. The van der Waals surface area contributed by atoms with Gasteiger partial charge in [0.2, 0.25) is 0 Å². The fourth-order valence-corrected chi connectivity index (χ4v) is 20.4. The number of fused-ring (bicyclic) bond motifs is 6. The maximum atomic E-state index is 12.5. The molecule has 0 bridgehead atoms. The Morgan fingerprint density at radius 1 is 0.500 bits per heavy atom. The van der Waals surface area contributed by atoms with Crippen LogP contribution in [0.3, 0.4) is 0 Å². The predicted molar refractivity (Wildman–Crippen MR) is 448 cm³/mol. The minimum absolute atomic E-state index is 0.00561. The third-order valence-electron chi connectivity index (χ3n) is 28.2. The Morgan fingerprint density at radius 3 is 1.43 bits per heavy atom. The molecule has 1 aliphatic heterocycles. The van der Waals surface area contributed by atoms with Crippen molar-refractivity contribution >= 4 is 83.8 Å². The van der Waals surface area contributed by atoms with Gasteiger partial charge >= 0.3 is 6.36 Å². The number of anilines is 3. The fraction of sp³-hybridized carbons (Fsp3) is 0.563. The number of hydrogen-bond acceptors (Lipinski definition) is 24. The molecule has 0 unspecified atom stereocenters. The van der Waals surface area contributed by atoms with Crippen molar-refractivity contribution in [2.45, 2.75) is 246 Å². The second-order valence-corrected chi connectivity index (χ2v) is 36.0. The van der Waals surface area contributed by atoms with E-state index in [9.17, 15) is 43.8 Å². The summed E-state index contributed by atoms with van der Waals surface area (Å²) in [5.41, 5.74) is 28.7. The molecular formula is C87H111F3N22O8. The van der Waals surface area contributed by atoms with E-state index < -0.39 is 55.3 Å². The van der Waals surface area contributed by atoms with Crippen molar-refractivity contribution in [3.8, 4) is 5.75 Å². The maximum absolute atomic E-state index is 12.5. The van der Waals surface area contributed by atoms with Gasteiger partial charge in [0.15, 0.2) is 17.7 Å². The second-order valence-electron chi connectivity index (χ2n) is 36.0. The van der Waals surface area contributed by atoms with Gasteiger partial charge in [-0.1, -0.05) is 25.0 Å². The zero-order valence-electron chi connectivity index (χ0n) is 68.2. The van der Waals surface area contributed by atoms with Gasteiger partial charge < -0.3 is 91.2 Å². The molecule has 7 saturated carbocycles. The van der Waals surface area contributed by atoms with Crippen LogP contribution >= 0.6 is 0 Å². The normalized spacial score (nSPS) is 28.3. The first kappa shape index (κ1) is 81.5. The number of aromatic nitrogens is 16. The molecule has 120 heavy (non-hydrogen) atoms. The number of nitrogens with two attached hydrogens (primary N) is 3. The van der Waals surface area contributed by atoms with Crippen LogP contribution in [-0.4, -0.2) is 231 Å². The summed E-state index contributed by atoms with van der Waals surface area (Å²) in [6.45, 7) is 6.31. The van der Waals surface area contributed by atoms with Crippen LogP contribution in [0.15, 0.2) is 104 Å². The van der Waals surface area contributed by atoms with Gasteiger partial charge in [0.1, 0.15) is 101 Å². The zero-order valence-corrected chi connectivity index (χ0v) is 68.2. The highest BCUT2D eigenvalue weighted by molar-refractivity contribution is 5.87. The first-order valence-electron chi connectivity index (χ1n) is 43.0. The number of likely N-dealkylation sites (N-methyl/N-ethyl adjacent to an activating group) is 1. The Hall–Kier alpha value is -9.55. The molecule has 12 aromatic rings. The first-order valence-corrected chi connectivity index (χ1v) is 43.0. The van der Waals surface area contributed by atoms with E-state index in [2.05, 4.69) is 139 Å². The molecule has 3 aromatic carbocycles. The molecule has 20 rings (SSSR count). The number of halogens is 3. The van der Waals surface area contributed by atoms with Crippen LogP contribution in [-0.2, 0) is 24.0 Å². The van der Waals surface area contributed by atoms with E-state index in [1.807, 2.05) is 33.7 Å². The first-order chi connectivity index (χ1) is 57.8. The highest BCUT2D eigenvalue weighted by atomic mass is 19.4. The van der Waals surface area contributed by atoms with E-state index in [4.69, 9.17) is 31.9 Å². The maximum Gasteiger partial charge on any atom is 0.573 e. The fourth-order valence-electron chi connectivity index (χ4n) is 20.4. The molecule has 7 aliphatic carbocycles. The summed E-state index contributed by atoms with van der Waals surface area (Å²) >= 11 is 0. The number of H-pyrrole nitrogens is 3. The summed E-state index contributed by atoms with van der Waals surface area (Å²) in [6.07, 6.45) is 19.7. The summed E-state index contributed by atoms with van der Waals surface area (Å²) in [5.74, 6) is 7.01. The number of nitrogens with one attached hydrogen (secondary N) is 3. The SMILES string of the molecule is CC(C)N(C[C@H]1C[C@@H](n2ccc3c(N)ncnc32)[C@H](O)[C@@H]1O)C1CC(CCc2nc3ccc(OC(F)(F)F)cc3[nH]2)C1.CN(C[C@H]1C[C@@H](n2ccc3c(N)ncnc32)[C@H](O)[C@@H]1O)C1CC(CCc2nc3ccc(C4CCC4)cc3[nH]2)C1.CN(C[C@H]1O[C@@H](n2cnc3c(N)ncnc32)[C@H](O)[C@@H]1O)C1CC(CCc2nc3ccc(C4CCC4)cc3[nH]2)C1. The molecule has 638 valence electrons. The van der Waals surface area contributed by atoms with Crippen molar-refractivity contribution < 1.29 is 53.3 Å². The van der Waals surface area contributed by atoms with E-state index in [1.54, 1.807) is 4.57 Å². The van der Waals surface area contributed by atoms with Crippen LogP contribution in [0, 0.1) is 29.6 Å². The number of alkyl halides is 3. The number of benzene rings is 3. The Bertz CT molecular complexity index is 5350. The van der Waals surface area contributed by atoms with Gasteiger partial charge in [0.25, 0.3) is 0 Å². The lowest BCUT2D eigenvalue weighted by Crippen LogP contribution is -2.51. The molecule has 0 radical (unpaired) electrons. The lowest BCUT2D eigenvalue weighted by molar-refractivity contribution is -0.274. The van der Waals surface area contributed by atoms with Gasteiger partial charge in [-0.15, -0.1) is 13.2 Å². The number of nitrogen functional groups attached to an aromatic ring is 3. The molecular weight excluding hydrogens is 1540 g/mol. The van der Waals surface area contributed by atoms with Crippen LogP contribution in [0.2, 0.25) is 0 Å². The van der Waals surface area contributed by atoms with Gasteiger partial charge in [0.05, 0.1) is 74.5 Å². The number of ether oxygens (including phenoxy) is 2. The molecule has 0 spiro atoms. The van der Waals surface area contributed by atoms with E-state index in [0.717, 1.165) is 121 Å². The molecule has 33 heteroatoms. The van der Waals surface area contributed by atoms with Gasteiger partial charge in [0, 0.05) is 93.4 Å². The van der Waals surface area contributed by atoms with E-state index in [1.165, 1.54) is 112 Å². The molecule has 9 aromatic heterocycles. The molecule has 1 saturated heterocycles. The molecule has 30 nitrogen and oxygen atoms in total. The van der Waals surface area contributed by atoms with Crippen molar-refractivity contribution in [2.75, 3.05) is 50.9 Å². The lowest BCUT2D eigenvalue weighted by Gasteiger charge is -2.46. The number of imidazole rings is 4. The predicted octanol–water partition coefficient (Wildman–Crippen LogP) is 10.5. The summed E-state index contributed by atoms with van der Waals surface area (Å²) in [5, 5.41) is 66.9. The zero-order chi connectivity index (χ0) is 83.1. The van der Waals surface area contributed by atoms with Crippen molar-refractivity contribution in [3.05, 3.63) is 133 Å². The Labute approximate surface area is 692 Å². The van der Waals surface area contributed by atoms with E-state index in [-0.39, 0.29) is 41.5 Å². The van der Waals surface area contributed by atoms with Crippen LogP contribution in [0.1, 0.15) is 182 Å². The number of aryl methyl sites for hydroxylation is 3. The van der Waals surface area contributed by atoms with E-state index >= 15 is 0 Å². The molecule has 10 heterocycles. The number of rotatable bonds is 25. The number of nitrogens with zero attached hydrogens (tertiary/aromatic N) is 16. The second kappa shape index (κ2) is 33.7. The topological polar surface area (TPSA) is 419 Å². The van der Waals surface area contributed by atoms with Crippen molar-refractivity contribution in [1.82, 2.24) is 93.2 Å². The number of aromatic amines is 3. The van der Waals surface area contributed by atoms with Gasteiger partial charge in [-0.3, -0.25) is 9.47 Å². The third kappa shape index (κ3) is 16.6. The largest absolute Gasteiger partial charge is 0.573 e. The Morgan fingerprint density at radius 2 is 0.950 bits per heavy atom. The summed E-state index contributed by atoms with van der Waals surface area (Å²) in [6, 6.07) is 22.4. The van der Waals surface area contributed by atoms with Crippen LogP contribution in [0.4, 0.5) is 30.6 Å². The van der Waals surface area contributed by atoms with Crippen LogP contribution < -0.4 is 21.9 Å². The lowest BCUT2D eigenvalue weighted by atomic mass is 9.76. The minimum atomic E-state index is -4.74. The van der Waals surface area contributed by atoms with Crippen molar-refractivity contribution in [2.24, 2.45) is 29.6 Å². The van der Waals surface area contributed by atoms with Gasteiger partial charge in [-0.2, -0.15) is 0 Å². The standard InChI is InChI=1S/C30H39N7O2.C29H36F3N7O3.C28H36N8O3/c1-36(15-20-14-25(28(39)27(20)38)37-10-9-22-29(31)32-16-33-30(22)37)21-11-17(12-21)5-8-26-34-23-7-6-19(13-24(23)35-26)18-3-2-4-18;1-15(2)39(13-17-11-23(26(41)25(17)40)38-8-7-20-27(33)34-14-35-28(20)38)18-9-16(10-18)3-6-24-36-21-5-4-19(12-22(21)37-24)42-29(30,31)32;1-35(12-21-24(37)25(38)28(39-21)36-14-32-23-26(29)30-13-31-27(23)36)18-9-15(10-18)5-8-22-33-19-7-6-17(11-20(19)34-22)16-3-2-4-16/h6-7,9-10,13,16-18,20-21,25,27-28,38-39H,2-5,8,11-12,14-15H2,1H3,(H,34,35)(H2,31,32,33);4-5,7-8,12,14-18,23,25-26,40-41H,3,6,9-11,13H2,1-2H3,(H,36,37)(H2,33,34,35);6-7,11,13-16,18,21,24-25,28,37-38H,2-5,8-10,12H2,1H3,(H,33,34)(H2,29,30,31)/t17?,20-,21?,25-,27-,28+;16?,17-,18?,23-,25-,26+;15?,18?,21-,24-,25-,28-/m111/s1. The molecule has 8 aliphatic rings.